The number of hydrogen-bond acceptors (Lipinski definition) is 6. The SMILES string of the molecule is COC(=O)N(C1c2ccccc2-c2ccccc21)C1(C(=O)[O-])CCN(C(=O)OC(C)(C)C)CC1. The van der Waals surface area contributed by atoms with Crippen LogP contribution in [0.5, 0.6) is 0 Å². The third kappa shape index (κ3) is 3.97. The van der Waals surface area contributed by atoms with E-state index in [1.807, 2.05) is 48.5 Å². The molecule has 1 heterocycles. The molecule has 0 atom stereocenters. The number of ether oxygens (including phenoxy) is 2. The second-order valence-electron chi connectivity index (χ2n) is 9.70. The number of rotatable bonds is 3. The summed E-state index contributed by atoms with van der Waals surface area (Å²) in [5, 5.41) is 12.7. The summed E-state index contributed by atoms with van der Waals surface area (Å²) < 4.78 is 10.6. The third-order valence-electron chi connectivity index (χ3n) is 6.51. The predicted octanol–water partition coefficient (Wildman–Crippen LogP) is 3.34. The van der Waals surface area contributed by atoms with Crippen LogP contribution in [0.25, 0.3) is 11.1 Å². The van der Waals surface area contributed by atoms with Crippen LogP contribution in [-0.2, 0) is 14.3 Å². The van der Waals surface area contributed by atoms with Crippen molar-refractivity contribution in [2.24, 2.45) is 0 Å². The van der Waals surface area contributed by atoms with Crippen molar-refractivity contribution in [3.63, 3.8) is 0 Å². The lowest BCUT2D eigenvalue weighted by Crippen LogP contribution is -2.66. The molecule has 0 radical (unpaired) electrons. The van der Waals surface area contributed by atoms with Crippen molar-refractivity contribution in [3.05, 3.63) is 59.7 Å². The average molecular weight is 466 g/mol. The van der Waals surface area contributed by atoms with Gasteiger partial charge in [0, 0.05) is 13.1 Å². The van der Waals surface area contributed by atoms with Gasteiger partial charge in [-0.2, -0.15) is 0 Å². The van der Waals surface area contributed by atoms with Gasteiger partial charge >= 0.3 is 12.2 Å². The maximum atomic E-state index is 13.2. The zero-order valence-electron chi connectivity index (χ0n) is 19.9. The average Bonchev–Trinajstić information content (AvgIpc) is 3.12. The normalized spacial score (nSPS) is 16.9. The molecule has 2 aromatic carbocycles. The number of carboxylic acid groups (broad SMARTS) is 1. The van der Waals surface area contributed by atoms with Crippen molar-refractivity contribution >= 4 is 18.2 Å². The summed E-state index contributed by atoms with van der Waals surface area (Å²) in [5.74, 6) is -1.37. The largest absolute Gasteiger partial charge is 0.548 e. The number of carbonyl (C=O) groups excluding carboxylic acids is 3. The molecular formula is C26H29N2O6-. The number of carbonyl (C=O) groups is 3. The fourth-order valence-corrected chi connectivity index (χ4v) is 4.96. The first-order valence-electron chi connectivity index (χ1n) is 11.3. The van der Waals surface area contributed by atoms with Gasteiger partial charge in [-0.3, -0.25) is 4.90 Å². The minimum atomic E-state index is -1.67. The van der Waals surface area contributed by atoms with Gasteiger partial charge in [-0.25, -0.2) is 9.59 Å². The molecule has 180 valence electrons. The van der Waals surface area contributed by atoms with Crippen LogP contribution >= 0.6 is 0 Å². The molecule has 2 aliphatic rings. The maximum absolute atomic E-state index is 13.2. The Bertz CT molecular complexity index is 1070. The van der Waals surface area contributed by atoms with Crippen LogP contribution in [0.1, 0.15) is 50.8 Å². The summed E-state index contributed by atoms with van der Waals surface area (Å²) in [6.45, 7) is 5.52. The molecule has 0 saturated carbocycles. The molecule has 1 fully saturated rings. The summed E-state index contributed by atoms with van der Waals surface area (Å²) in [6.07, 6.45) is -1.29. The van der Waals surface area contributed by atoms with E-state index in [1.165, 1.54) is 16.9 Å². The van der Waals surface area contributed by atoms with Crippen molar-refractivity contribution in [2.75, 3.05) is 20.2 Å². The van der Waals surface area contributed by atoms with Crippen LogP contribution in [0, 0.1) is 0 Å². The predicted molar refractivity (Wildman–Crippen MR) is 123 cm³/mol. The van der Waals surface area contributed by atoms with E-state index in [0.717, 1.165) is 22.3 Å². The number of amides is 2. The summed E-state index contributed by atoms with van der Waals surface area (Å²) in [6, 6.07) is 14.6. The Morgan fingerprint density at radius 1 is 0.971 bits per heavy atom. The molecule has 1 saturated heterocycles. The fraction of sp³-hybridized carbons (Fsp3) is 0.423. The number of likely N-dealkylation sites (tertiary alicyclic amines) is 1. The number of nitrogens with zero attached hydrogens (tertiary/aromatic N) is 2. The van der Waals surface area contributed by atoms with Crippen LogP contribution in [0.15, 0.2) is 48.5 Å². The molecule has 0 aromatic heterocycles. The van der Waals surface area contributed by atoms with Crippen molar-refractivity contribution < 1.29 is 29.0 Å². The monoisotopic (exact) mass is 465 g/mol. The number of methoxy groups -OCH3 is 1. The zero-order chi connectivity index (χ0) is 24.7. The number of fused-ring (bicyclic) bond motifs is 3. The molecule has 8 nitrogen and oxygen atoms in total. The molecule has 1 aliphatic carbocycles. The summed E-state index contributed by atoms with van der Waals surface area (Å²) >= 11 is 0. The first-order valence-corrected chi connectivity index (χ1v) is 11.3. The first kappa shape index (κ1) is 23.6. The smallest absolute Gasteiger partial charge is 0.411 e. The van der Waals surface area contributed by atoms with E-state index in [1.54, 1.807) is 20.8 Å². The number of aliphatic carboxylic acids is 1. The van der Waals surface area contributed by atoms with E-state index in [2.05, 4.69) is 0 Å². The van der Waals surface area contributed by atoms with Gasteiger partial charge in [0.1, 0.15) is 5.60 Å². The first-order chi connectivity index (χ1) is 16.1. The van der Waals surface area contributed by atoms with Gasteiger partial charge in [0.15, 0.2) is 0 Å². The second kappa shape index (κ2) is 8.66. The van der Waals surface area contributed by atoms with Crippen LogP contribution < -0.4 is 5.11 Å². The minimum absolute atomic E-state index is 0.00941. The van der Waals surface area contributed by atoms with Crippen LogP contribution in [0.4, 0.5) is 9.59 Å². The van der Waals surface area contributed by atoms with Gasteiger partial charge in [0.2, 0.25) is 0 Å². The van der Waals surface area contributed by atoms with Crippen molar-refractivity contribution in [1.82, 2.24) is 9.80 Å². The highest BCUT2D eigenvalue weighted by Gasteiger charge is 2.51. The Morgan fingerprint density at radius 3 is 1.91 bits per heavy atom. The van der Waals surface area contributed by atoms with E-state index in [-0.39, 0.29) is 25.9 Å². The zero-order valence-corrected chi connectivity index (χ0v) is 19.9. The van der Waals surface area contributed by atoms with Gasteiger partial charge in [-0.05, 0) is 55.9 Å². The topological polar surface area (TPSA) is 99.2 Å². The number of carboxylic acids is 1. The maximum Gasteiger partial charge on any atom is 0.411 e. The molecule has 4 rings (SSSR count). The quantitative estimate of drug-likeness (QED) is 0.689. The molecule has 2 aromatic rings. The molecule has 0 N–H and O–H groups in total. The van der Waals surface area contributed by atoms with Gasteiger partial charge in [0.25, 0.3) is 0 Å². The van der Waals surface area contributed by atoms with Gasteiger partial charge in [-0.1, -0.05) is 48.5 Å². The summed E-state index contributed by atoms with van der Waals surface area (Å²) in [5.41, 5.74) is 1.19. The Kier molecular flexibility index (Phi) is 6.02. The molecule has 0 bridgehead atoms. The standard InChI is InChI=1S/C26H30N2O6/c1-25(2,3)34-23(31)27-15-13-26(14-16-27,22(29)30)28(24(32)33-4)21-19-11-7-5-9-17(19)18-10-6-8-12-20(18)21/h5-12,21H,13-16H2,1-4H3,(H,29,30)/p-1. The third-order valence-corrected chi connectivity index (χ3v) is 6.51. The number of benzene rings is 2. The summed E-state index contributed by atoms with van der Waals surface area (Å²) in [7, 11) is 1.24. The molecule has 0 unspecified atom stereocenters. The number of hydrogen-bond donors (Lipinski definition) is 0. The van der Waals surface area contributed by atoms with Crippen molar-refractivity contribution in [3.8, 4) is 11.1 Å². The fourth-order valence-electron chi connectivity index (χ4n) is 4.96. The van der Waals surface area contributed by atoms with Gasteiger partial charge in [0.05, 0.1) is 24.7 Å². The van der Waals surface area contributed by atoms with Crippen LogP contribution in [0.2, 0.25) is 0 Å². The lowest BCUT2D eigenvalue weighted by molar-refractivity contribution is -0.321. The van der Waals surface area contributed by atoms with Gasteiger partial charge in [-0.15, -0.1) is 0 Å². The lowest BCUT2D eigenvalue weighted by Gasteiger charge is -2.50. The molecule has 1 aliphatic heterocycles. The van der Waals surface area contributed by atoms with E-state index in [4.69, 9.17) is 9.47 Å². The Morgan fingerprint density at radius 2 is 1.47 bits per heavy atom. The summed E-state index contributed by atoms with van der Waals surface area (Å²) in [4.78, 5) is 41.3. The van der Waals surface area contributed by atoms with Crippen LogP contribution in [0.3, 0.4) is 0 Å². The van der Waals surface area contributed by atoms with Gasteiger partial charge < -0.3 is 24.3 Å². The Labute approximate surface area is 199 Å². The molecule has 0 spiro atoms. The van der Waals surface area contributed by atoms with Crippen molar-refractivity contribution in [1.29, 1.82) is 0 Å². The highest BCUT2D eigenvalue weighted by atomic mass is 16.6. The highest BCUT2D eigenvalue weighted by molar-refractivity contribution is 5.87. The Hall–Kier alpha value is -3.55. The molecule has 2 amide bonds. The van der Waals surface area contributed by atoms with E-state index < -0.39 is 35.3 Å². The molecule has 34 heavy (non-hydrogen) atoms. The van der Waals surface area contributed by atoms with E-state index in [9.17, 15) is 19.5 Å². The molecule has 8 heteroatoms. The lowest BCUT2D eigenvalue weighted by atomic mass is 9.83. The van der Waals surface area contributed by atoms with Crippen LogP contribution in [-0.4, -0.2) is 59.3 Å². The minimum Gasteiger partial charge on any atom is -0.548 e. The molecular weight excluding hydrogens is 436 g/mol. The second-order valence-corrected chi connectivity index (χ2v) is 9.70. The van der Waals surface area contributed by atoms with E-state index in [0.29, 0.717) is 0 Å². The van der Waals surface area contributed by atoms with E-state index >= 15 is 0 Å². The van der Waals surface area contributed by atoms with Crippen molar-refractivity contribution in [2.45, 2.75) is 50.8 Å². The highest BCUT2D eigenvalue weighted by Crippen LogP contribution is 2.49. The Balaban J connectivity index is 1.75. The number of piperidine rings is 1.